The molecule has 0 spiro atoms. The molecule has 0 unspecified atom stereocenters. The molecule has 0 fully saturated rings. The fourth-order valence-corrected chi connectivity index (χ4v) is 1.63. The molecule has 2 rings (SSSR count). The third-order valence-corrected chi connectivity index (χ3v) is 2.49. The first-order valence-electron chi connectivity index (χ1n) is 5.22. The summed E-state index contributed by atoms with van der Waals surface area (Å²) < 4.78 is 50.8. The zero-order valence-electron chi connectivity index (χ0n) is 9.21. The molecular formula is C13H9F4N. The predicted octanol–water partition coefficient (Wildman–Crippen LogP) is 3.83. The molecule has 18 heavy (non-hydrogen) atoms. The largest absolute Gasteiger partial charge is 0.416 e. The molecule has 1 aromatic carbocycles. The van der Waals surface area contributed by atoms with Gasteiger partial charge >= 0.3 is 6.18 Å². The summed E-state index contributed by atoms with van der Waals surface area (Å²) in [6, 6.07) is 7.90. The van der Waals surface area contributed by atoms with Crippen molar-refractivity contribution in [3.63, 3.8) is 0 Å². The first-order chi connectivity index (χ1) is 8.47. The van der Waals surface area contributed by atoms with Crippen molar-refractivity contribution in [1.29, 1.82) is 0 Å². The fourth-order valence-electron chi connectivity index (χ4n) is 1.63. The Bertz CT molecular complexity index is 549. The number of alkyl halides is 3. The molecule has 0 aliphatic rings. The van der Waals surface area contributed by atoms with Gasteiger partial charge in [0.1, 0.15) is 0 Å². The van der Waals surface area contributed by atoms with Gasteiger partial charge in [0.15, 0.2) is 0 Å². The van der Waals surface area contributed by atoms with Crippen LogP contribution in [-0.4, -0.2) is 4.98 Å². The van der Waals surface area contributed by atoms with E-state index in [1.807, 2.05) is 0 Å². The minimum atomic E-state index is -4.39. The van der Waals surface area contributed by atoms with Crippen LogP contribution in [0.25, 0.3) is 0 Å². The number of aromatic nitrogens is 1. The molecule has 1 aromatic heterocycles. The number of benzene rings is 1. The molecule has 1 heterocycles. The smallest absolute Gasteiger partial charge is 0.228 e. The molecule has 5 heteroatoms. The van der Waals surface area contributed by atoms with Gasteiger partial charge in [-0.05, 0) is 17.7 Å². The van der Waals surface area contributed by atoms with Gasteiger partial charge in [-0.3, -0.25) is 0 Å². The normalized spacial score (nSPS) is 11.6. The zero-order valence-corrected chi connectivity index (χ0v) is 9.21. The summed E-state index contributed by atoms with van der Waals surface area (Å²) in [5, 5.41) is 0. The summed E-state index contributed by atoms with van der Waals surface area (Å²) in [6.07, 6.45) is -3.00. The molecule has 0 aliphatic heterocycles. The van der Waals surface area contributed by atoms with Crippen LogP contribution < -0.4 is 0 Å². The number of nitrogens with zero attached hydrogens (tertiary/aromatic N) is 1. The van der Waals surface area contributed by atoms with Crippen LogP contribution in [-0.2, 0) is 12.6 Å². The highest BCUT2D eigenvalue weighted by Crippen LogP contribution is 2.30. The van der Waals surface area contributed by atoms with E-state index < -0.39 is 17.7 Å². The van der Waals surface area contributed by atoms with E-state index in [9.17, 15) is 17.6 Å². The summed E-state index contributed by atoms with van der Waals surface area (Å²) in [6.45, 7) is 0. The van der Waals surface area contributed by atoms with Gasteiger partial charge in [0, 0.05) is 18.2 Å². The van der Waals surface area contributed by atoms with Crippen LogP contribution in [0, 0.1) is 5.95 Å². The van der Waals surface area contributed by atoms with Gasteiger partial charge in [-0.15, -0.1) is 0 Å². The Kier molecular flexibility index (Phi) is 3.32. The monoisotopic (exact) mass is 255 g/mol. The summed E-state index contributed by atoms with van der Waals surface area (Å²) in [4.78, 5) is 3.46. The molecular weight excluding hydrogens is 246 g/mol. The van der Waals surface area contributed by atoms with E-state index >= 15 is 0 Å². The average Bonchev–Trinajstić information content (AvgIpc) is 2.31. The molecule has 0 atom stereocenters. The molecule has 0 saturated heterocycles. The summed E-state index contributed by atoms with van der Waals surface area (Å²) in [7, 11) is 0. The predicted molar refractivity (Wildman–Crippen MR) is 58.4 cm³/mol. The fraction of sp³-hybridized carbons (Fsp3) is 0.154. The molecule has 0 amide bonds. The van der Waals surface area contributed by atoms with Gasteiger partial charge in [-0.25, -0.2) is 4.98 Å². The molecule has 2 aromatic rings. The van der Waals surface area contributed by atoms with Crippen LogP contribution in [0.2, 0.25) is 0 Å². The maximum atomic E-state index is 13.3. The Morgan fingerprint density at radius 3 is 2.50 bits per heavy atom. The van der Waals surface area contributed by atoms with Crippen molar-refractivity contribution in [1.82, 2.24) is 4.98 Å². The topological polar surface area (TPSA) is 12.9 Å². The highest BCUT2D eigenvalue weighted by atomic mass is 19.4. The lowest BCUT2D eigenvalue weighted by Crippen LogP contribution is -2.05. The second-order valence-electron chi connectivity index (χ2n) is 3.83. The SMILES string of the molecule is Fc1ncccc1Cc1cccc(C(F)(F)F)c1. The van der Waals surface area contributed by atoms with Crippen molar-refractivity contribution in [2.24, 2.45) is 0 Å². The lowest BCUT2D eigenvalue weighted by atomic mass is 10.0. The minimum Gasteiger partial charge on any atom is -0.228 e. The molecule has 1 nitrogen and oxygen atoms in total. The van der Waals surface area contributed by atoms with Gasteiger partial charge in [0.25, 0.3) is 0 Å². The van der Waals surface area contributed by atoms with Crippen LogP contribution in [0.15, 0.2) is 42.6 Å². The number of halogens is 4. The first-order valence-corrected chi connectivity index (χ1v) is 5.22. The second-order valence-corrected chi connectivity index (χ2v) is 3.83. The molecule has 0 N–H and O–H groups in total. The Morgan fingerprint density at radius 1 is 1.06 bits per heavy atom. The quantitative estimate of drug-likeness (QED) is 0.587. The first kappa shape index (κ1) is 12.5. The van der Waals surface area contributed by atoms with Gasteiger partial charge in [-0.1, -0.05) is 24.3 Å². The number of rotatable bonds is 2. The van der Waals surface area contributed by atoms with Gasteiger partial charge in [-0.2, -0.15) is 17.6 Å². The zero-order chi connectivity index (χ0) is 13.2. The lowest BCUT2D eigenvalue weighted by molar-refractivity contribution is -0.137. The van der Waals surface area contributed by atoms with Crippen molar-refractivity contribution >= 4 is 0 Å². The van der Waals surface area contributed by atoms with Crippen molar-refractivity contribution in [2.75, 3.05) is 0 Å². The summed E-state index contributed by atoms with van der Waals surface area (Å²) in [5.74, 6) is -0.657. The van der Waals surface area contributed by atoms with Gasteiger partial charge < -0.3 is 0 Å². The van der Waals surface area contributed by atoms with Crippen molar-refractivity contribution in [3.8, 4) is 0 Å². The van der Waals surface area contributed by atoms with Crippen molar-refractivity contribution in [3.05, 3.63) is 65.2 Å². The van der Waals surface area contributed by atoms with E-state index in [-0.39, 0.29) is 12.0 Å². The van der Waals surface area contributed by atoms with E-state index in [0.29, 0.717) is 5.56 Å². The van der Waals surface area contributed by atoms with E-state index in [1.54, 1.807) is 6.07 Å². The Morgan fingerprint density at radius 2 is 1.83 bits per heavy atom. The van der Waals surface area contributed by atoms with Crippen molar-refractivity contribution < 1.29 is 17.6 Å². The van der Waals surface area contributed by atoms with Crippen molar-refractivity contribution in [2.45, 2.75) is 12.6 Å². The Balaban J connectivity index is 2.28. The summed E-state index contributed by atoms with van der Waals surface area (Å²) in [5.41, 5.74) is -0.0575. The van der Waals surface area contributed by atoms with E-state index in [0.717, 1.165) is 12.1 Å². The minimum absolute atomic E-state index is 0.0869. The number of pyridine rings is 1. The number of hydrogen-bond acceptors (Lipinski definition) is 1. The van der Waals surface area contributed by atoms with Crippen LogP contribution in [0.4, 0.5) is 17.6 Å². The molecule has 0 bridgehead atoms. The maximum absolute atomic E-state index is 13.3. The van der Waals surface area contributed by atoms with Crippen LogP contribution in [0.3, 0.4) is 0 Å². The molecule has 0 radical (unpaired) electrons. The highest BCUT2D eigenvalue weighted by Gasteiger charge is 2.30. The molecule has 0 aliphatic carbocycles. The average molecular weight is 255 g/mol. The Labute approximate surface area is 101 Å². The lowest BCUT2D eigenvalue weighted by Gasteiger charge is -2.08. The van der Waals surface area contributed by atoms with Gasteiger partial charge in [0.05, 0.1) is 5.56 Å². The van der Waals surface area contributed by atoms with Crippen LogP contribution in [0.1, 0.15) is 16.7 Å². The molecule has 0 saturated carbocycles. The third-order valence-electron chi connectivity index (χ3n) is 2.49. The standard InChI is InChI=1S/C13H9F4N/c14-12-10(4-2-6-18-12)7-9-3-1-5-11(8-9)13(15,16)17/h1-6,8H,7H2. The van der Waals surface area contributed by atoms with Gasteiger partial charge in [0.2, 0.25) is 5.95 Å². The van der Waals surface area contributed by atoms with E-state index in [2.05, 4.69) is 4.98 Å². The molecule has 94 valence electrons. The Hall–Kier alpha value is -1.91. The van der Waals surface area contributed by atoms with Crippen LogP contribution in [0.5, 0.6) is 0 Å². The maximum Gasteiger partial charge on any atom is 0.416 e. The number of hydrogen-bond donors (Lipinski definition) is 0. The van der Waals surface area contributed by atoms with Crippen LogP contribution >= 0.6 is 0 Å². The van der Waals surface area contributed by atoms with E-state index in [4.69, 9.17) is 0 Å². The summed E-state index contributed by atoms with van der Waals surface area (Å²) >= 11 is 0. The second kappa shape index (κ2) is 4.76. The third kappa shape index (κ3) is 2.85. The van der Waals surface area contributed by atoms with E-state index in [1.165, 1.54) is 24.4 Å². The highest BCUT2D eigenvalue weighted by molar-refractivity contribution is 5.30.